The molecule has 0 bridgehead atoms. The maximum atomic E-state index is 5.93. The van der Waals surface area contributed by atoms with Gasteiger partial charge >= 0.3 is 0 Å². The molecule has 5 heteroatoms. The summed E-state index contributed by atoms with van der Waals surface area (Å²) in [5.41, 5.74) is 0.899. The van der Waals surface area contributed by atoms with Crippen molar-refractivity contribution in [1.82, 2.24) is 9.97 Å². The Morgan fingerprint density at radius 2 is 2.12 bits per heavy atom. The fourth-order valence-corrected chi connectivity index (χ4v) is 1.46. The van der Waals surface area contributed by atoms with E-state index in [1.165, 1.54) is 6.33 Å². The van der Waals surface area contributed by atoms with Crippen molar-refractivity contribution in [2.45, 2.75) is 26.9 Å². The minimum absolute atomic E-state index is 0.253. The van der Waals surface area contributed by atoms with Crippen LogP contribution >= 0.6 is 11.6 Å². The van der Waals surface area contributed by atoms with E-state index in [1.54, 1.807) is 0 Å². The molecule has 0 saturated heterocycles. The number of anilines is 1. The van der Waals surface area contributed by atoms with Gasteiger partial charge in [0.1, 0.15) is 17.3 Å². The molecule has 1 heterocycles. The first-order chi connectivity index (χ1) is 7.52. The van der Waals surface area contributed by atoms with Crippen molar-refractivity contribution in [3.63, 3.8) is 0 Å². The highest BCUT2D eigenvalue weighted by molar-refractivity contribution is 6.30. The molecule has 0 saturated carbocycles. The first-order valence-electron chi connectivity index (χ1n) is 5.32. The summed E-state index contributed by atoms with van der Waals surface area (Å²) in [5, 5.41) is 0.502. The first-order valence-corrected chi connectivity index (χ1v) is 5.70. The molecule has 0 radical (unpaired) electrons. The van der Waals surface area contributed by atoms with Crippen LogP contribution in [0.15, 0.2) is 6.33 Å². The summed E-state index contributed by atoms with van der Waals surface area (Å²) in [6.07, 6.45) is 1.73. The first kappa shape index (κ1) is 13.2. The molecule has 0 atom stereocenters. The van der Waals surface area contributed by atoms with Crippen LogP contribution in [0.4, 0.5) is 5.82 Å². The SMILES string of the molecule is Cc1c(Cl)ncnc1N(C)CCOC(C)C. The molecule has 0 amide bonds. The van der Waals surface area contributed by atoms with E-state index in [0.717, 1.165) is 17.9 Å². The molecule has 0 N–H and O–H groups in total. The molecule has 1 aromatic heterocycles. The van der Waals surface area contributed by atoms with E-state index < -0.39 is 0 Å². The van der Waals surface area contributed by atoms with Crippen molar-refractivity contribution in [3.05, 3.63) is 17.0 Å². The van der Waals surface area contributed by atoms with Gasteiger partial charge in [0.05, 0.1) is 12.7 Å². The Kier molecular flexibility index (Phi) is 4.96. The Balaban J connectivity index is 2.59. The van der Waals surface area contributed by atoms with Gasteiger partial charge in [-0.1, -0.05) is 11.6 Å². The van der Waals surface area contributed by atoms with Crippen molar-refractivity contribution in [3.8, 4) is 0 Å². The van der Waals surface area contributed by atoms with Gasteiger partial charge in [0.15, 0.2) is 0 Å². The minimum Gasteiger partial charge on any atom is -0.377 e. The number of ether oxygens (including phenoxy) is 1. The summed E-state index contributed by atoms with van der Waals surface area (Å²) in [7, 11) is 1.97. The second-order valence-corrected chi connectivity index (χ2v) is 4.31. The maximum Gasteiger partial charge on any atom is 0.137 e. The highest BCUT2D eigenvalue weighted by Crippen LogP contribution is 2.20. The van der Waals surface area contributed by atoms with Crippen molar-refractivity contribution in [1.29, 1.82) is 0 Å². The van der Waals surface area contributed by atoms with E-state index >= 15 is 0 Å². The fraction of sp³-hybridized carbons (Fsp3) is 0.636. The van der Waals surface area contributed by atoms with E-state index in [0.29, 0.717) is 11.8 Å². The Morgan fingerprint density at radius 1 is 1.44 bits per heavy atom. The highest BCUT2D eigenvalue weighted by Gasteiger charge is 2.09. The van der Waals surface area contributed by atoms with Crippen LogP contribution in [0.25, 0.3) is 0 Å². The van der Waals surface area contributed by atoms with Gasteiger partial charge in [-0.2, -0.15) is 0 Å². The number of rotatable bonds is 5. The van der Waals surface area contributed by atoms with Gasteiger partial charge in [0.25, 0.3) is 0 Å². The lowest BCUT2D eigenvalue weighted by atomic mass is 10.3. The van der Waals surface area contributed by atoms with Crippen LogP contribution in [0.1, 0.15) is 19.4 Å². The number of hydrogen-bond acceptors (Lipinski definition) is 4. The third-order valence-electron chi connectivity index (χ3n) is 2.24. The summed E-state index contributed by atoms with van der Waals surface area (Å²) in [4.78, 5) is 10.2. The van der Waals surface area contributed by atoms with Gasteiger partial charge in [0.2, 0.25) is 0 Å². The predicted octanol–water partition coefficient (Wildman–Crippen LogP) is 2.30. The Morgan fingerprint density at radius 3 is 2.75 bits per heavy atom. The molecule has 0 fully saturated rings. The number of hydrogen-bond donors (Lipinski definition) is 0. The Labute approximate surface area is 102 Å². The fourth-order valence-electron chi connectivity index (χ4n) is 1.34. The number of likely N-dealkylation sites (N-methyl/N-ethyl adjacent to an activating group) is 1. The summed E-state index contributed by atoms with van der Waals surface area (Å²) in [5.74, 6) is 0.854. The van der Waals surface area contributed by atoms with Crippen LogP contribution in [-0.2, 0) is 4.74 Å². The molecular weight excluding hydrogens is 226 g/mol. The van der Waals surface area contributed by atoms with Crippen LogP contribution in [0.5, 0.6) is 0 Å². The normalized spacial score (nSPS) is 10.9. The lowest BCUT2D eigenvalue weighted by Gasteiger charge is -2.20. The van der Waals surface area contributed by atoms with Gasteiger partial charge in [-0.15, -0.1) is 0 Å². The van der Waals surface area contributed by atoms with Crippen molar-refractivity contribution in [2.75, 3.05) is 25.1 Å². The van der Waals surface area contributed by atoms with Gasteiger partial charge in [-0.25, -0.2) is 9.97 Å². The van der Waals surface area contributed by atoms with E-state index in [2.05, 4.69) is 9.97 Å². The number of aromatic nitrogens is 2. The third kappa shape index (κ3) is 3.61. The Hall–Kier alpha value is -0.870. The molecule has 16 heavy (non-hydrogen) atoms. The summed E-state index contributed by atoms with van der Waals surface area (Å²) >= 11 is 5.93. The quantitative estimate of drug-likeness (QED) is 0.744. The monoisotopic (exact) mass is 243 g/mol. The van der Waals surface area contributed by atoms with Gasteiger partial charge in [-0.05, 0) is 20.8 Å². The van der Waals surface area contributed by atoms with E-state index in [-0.39, 0.29) is 6.10 Å². The molecule has 0 aliphatic heterocycles. The van der Waals surface area contributed by atoms with Crippen LogP contribution in [0, 0.1) is 6.92 Å². The van der Waals surface area contributed by atoms with Crippen LogP contribution in [0.3, 0.4) is 0 Å². The molecule has 1 rings (SSSR count). The third-order valence-corrected chi connectivity index (χ3v) is 2.62. The molecule has 1 aromatic rings. The molecule has 4 nitrogen and oxygen atoms in total. The second-order valence-electron chi connectivity index (χ2n) is 3.95. The zero-order chi connectivity index (χ0) is 12.1. The van der Waals surface area contributed by atoms with Crippen LogP contribution < -0.4 is 4.90 Å². The van der Waals surface area contributed by atoms with Gasteiger partial charge in [-0.3, -0.25) is 0 Å². The molecule has 0 aromatic carbocycles. The van der Waals surface area contributed by atoms with Crippen LogP contribution in [-0.4, -0.2) is 36.3 Å². The van der Waals surface area contributed by atoms with Crippen molar-refractivity contribution in [2.24, 2.45) is 0 Å². The van der Waals surface area contributed by atoms with Gasteiger partial charge in [0, 0.05) is 19.2 Å². The van der Waals surface area contributed by atoms with E-state index in [4.69, 9.17) is 16.3 Å². The van der Waals surface area contributed by atoms with Gasteiger partial charge < -0.3 is 9.64 Å². The predicted molar refractivity (Wildman–Crippen MR) is 66.1 cm³/mol. The summed E-state index contributed by atoms with van der Waals surface area (Å²) in [6, 6.07) is 0. The zero-order valence-electron chi connectivity index (χ0n) is 10.2. The zero-order valence-corrected chi connectivity index (χ0v) is 11.0. The number of nitrogens with zero attached hydrogens (tertiary/aromatic N) is 3. The summed E-state index contributed by atoms with van der Waals surface area (Å²) < 4.78 is 5.49. The lowest BCUT2D eigenvalue weighted by Crippen LogP contribution is -2.25. The number of halogens is 1. The largest absolute Gasteiger partial charge is 0.377 e. The maximum absolute atomic E-state index is 5.93. The lowest BCUT2D eigenvalue weighted by molar-refractivity contribution is 0.0845. The average Bonchev–Trinajstić information content (AvgIpc) is 2.21. The molecule has 0 spiro atoms. The molecular formula is C11H18ClN3O. The van der Waals surface area contributed by atoms with E-state index in [1.807, 2.05) is 32.7 Å². The Bertz CT molecular complexity index is 344. The smallest absolute Gasteiger partial charge is 0.137 e. The second kappa shape index (κ2) is 6.01. The highest BCUT2D eigenvalue weighted by atomic mass is 35.5. The molecule has 0 unspecified atom stereocenters. The van der Waals surface area contributed by atoms with E-state index in [9.17, 15) is 0 Å². The van der Waals surface area contributed by atoms with Crippen molar-refractivity contribution >= 4 is 17.4 Å². The average molecular weight is 244 g/mol. The minimum atomic E-state index is 0.253. The van der Waals surface area contributed by atoms with Crippen molar-refractivity contribution < 1.29 is 4.74 Å². The topological polar surface area (TPSA) is 38.2 Å². The molecule has 90 valence electrons. The summed E-state index contributed by atoms with van der Waals surface area (Å²) in [6.45, 7) is 7.42. The molecule has 0 aliphatic rings. The standard InChI is InChI=1S/C11H18ClN3O/c1-8(2)16-6-5-15(4)11-9(3)10(12)13-7-14-11/h7-8H,5-6H2,1-4H3. The molecule has 0 aliphatic carbocycles. The van der Waals surface area contributed by atoms with Crippen LogP contribution in [0.2, 0.25) is 5.15 Å².